The van der Waals surface area contributed by atoms with Gasteiger partial charge in [0.05, 0.1) is 12.5 Å². The summed E-state index contributed by atoms with van der Waals surface area (Å²) in [5, 5.41) is 2.08. The van der Waals surface area contributed by atoms with E-state index in [4.69, 9.17) is 14.3 Å². The normalized spacial score (nSPS) is 16.6. The summed E-state index contributed by atoms with van der Waals surface area (Å²) in [6, 6.07) is 4.16. The second-order valence-electron chi connectivity index (χ2n) is 4.58. The van der Waals surface area contributed by atoms with Gasteiger partial charge in [0.2, 0.25) is 0 Å². The van der Waals surface area contributed by atoms with Crippen molar-refractivity contribution >= 4 is 30.9 Å². The van der Waals surface area contributed by atoms with Crippen molar-refractivity contribution in [3.8, 4) is 0 Å². The third-order valence-electron chi connectivity index (χ3n) is 2.91. The van der Waals surface area contributed by atoms with Crippen LogP contribution < -0.4 is 0 Å². The van der Waals surface area contributed by atoms with Crippen molar-refractivity contribution in [1.29, 1.82) is 0 Å². The third-order valence-corrected chi connectivity index (χ3v) is 3.71. The Morgan fingerprint density at radius 1 is 1.41 bits per heavy atom. The Morgan fingerprint density at radius 3 is 2.41 bits per heavy atom. The highest BCUT2D eigenvalue weighted by atomic mass is 32.1. The highest BCUT2D eigenvalue weighted by molar-refractivity contribution is 7.09. The molecule has 2 rings (SSSR count). The van der Waals surface area contributed by atoms with Crippen LogP contribution in [0.15, 0.2) is 17.5 Å². The van der Waals surface area contributed by atoms with Gasteiger partial charge >= 0.3 is 5.97 Å². The Labute approximate surface area is 137 Å². The molecule has 5 nitrogen and oxygen atoms in total. The molecule has 1 aliphatic heterocycles. The lowest BCUT2D eigenvalue weighted by atomic mass is 9.99. The highest BCUT2D eigenvalue weighted by Gasteiger charge is 2.24. The zero-order valence-corrected chi connectivity index (χ0v) is 14.6. The maximum Gasteiger partial charge on any atom is 0.310 e. The molecule has 1 atom stereocenters. The van der Waals surface area contributed by atoms with Crippen LogP contribution in [0.4, 0.5) is 0 Å². The first kappa shape index (κ1) is 22.7. The Bertz CT molecular complexity index is 368. The zero-order valence-electron chi connectivity index (χ0n) is 13.7. The van der Waals surface area contributed by atoms with Crippen LogP contribution in [-0.4, -0.2) is 51.2 Å². The summed E-state index contributed by atoms with van der Waals surface area (Å²) in [6.45, 7) is 10.4. The van der Waals surface area contributed by atoms with E-state index < -0.39 is 0 Å². The van der Waals surface area contributed by atoms with Crippen LogP contribution in [0.1, 0.15) is 24.6 Å². The van der Waals surface area contributed by atoms with Gasteiger partial charge in [-0.15, -0.1) is 11.3 Å². The molecular formula is C16H27NO4S. The molecule has 1 saturated heterocycles. The first-order chi connectivity index (χ1) is 10.6. The van der Waals surface area contributed by atoms with Crippen molar-refractivity contribution in [3.63, 3.8) is 0 Å². The Morgan fingerprint density at radius 2 is 2.05 bits per heavy atom. The number of aryl methyl sites for hydroxylation is 1. The van der Waals surface area contributed by atoms with Crippen molar-refractivity contribution in [2.45, 2.75) is 26.7 Å². The number of piperidine rings is 1. The van der Waals surface area contributed by atoms with Gasteiger partial charge in [-0.05, 0) is 51.7 Å². The molecule has 1 unspecified atom stereocenters. The van der Waals surface area contributed by atoms with Crippen LogP contribution in [-0.2, 0) is 19.1 Å². The number of nitrogens with zero attached hydrogens (tertiary/aromatic N) is 1. The van der Waals surface area contributed by atoms with E-state index in [0.29, 0.717) is 6.61 Å². The first-order valence-electron chi connectivity index (χ1n) is 7.06. The van der Waals surface area contributed by atoms with Gasteiger partial charge in [-0.3, -0.25) is 4.79 Å². The second-order valence-corrected chi connectivity index (χ2v) is 5.73. The zero-order chi connectivity index (χ0) is 17.4. The predicted molar refractivity (Wildman–Crippen MR) is 90.2 cm³/mol. The lowest BCUT2D eigenvalue weighted by Gasteiger charge is -2.27. The number of rotatable bonds is 2. The number of carbonyl (C=O) groups excluding carboxylic acids is 3. The smallest absolute Gasteiger partial charge is 0.310 e. The van der Waals surface area contributed by atoms with E-state index >= 15 is 0 Å². The van der Waals surface area contributed by atoms with Crippen LogP contribution in [0, 0.1) is 12.8 Å². The second kappa shape index (κ2) is 15.9. The largest absolute Gasteiger partial charge is 0.466 e. The van der Waals surface area contributed by atoms with E-state index in [-0.39, 0.29) is 11.9 Å². The molecule has 0 saturated carbocycles. The molecule has 1 fully saturated rings. The monoisotopic (exact) mass is 329 g/mol. The van der Waals surface area contributed by atoms with E-state index in [1.807, 2.05) is 27.5 Å². The number of hydrogen-bond acceptors (Lipinski definition) is 6. The van der Waals surface area contributed by atoms with Crippen LogP contribution >= 0.6 is 11.3 Å². The molecule has 0 bridgehead atoms. The first-order valence-corrected chi connectivity index (χ1v) is 7.94. The Balaban J connectivity index is 0. The molecule has 0 radical (unpaired) electrons. The van der Waals surface area contributed by atoms with E-state index in [1.165, 1.54) is 4.88 Å². The molecule has 0 spiro atoms. The van der Waals surface area contributed by atoms with E-state index in [9.17, 15) is 4.79 Å². The Kier molecular flexibility index (Phi) is 16.4. The molecule has 126 valence electrons. The summed E-state index contributed by atoms with van der Waals surface area (Å²) in [5.74, 6) is 0.0905. The molecule has 1 aromatic heterocycles. The van der Waals surface area contributed by atoms with Gasteiger partial charge in [-0.2, -0.15) is 0 Å². The van der Waals surface area contributed by atoms with Crippen molar-refractivity contribution in [2.24, 2.45) is 5.92 Å². The van der Waals surface area contributed by atoms with Gasteiger partial charge < -0.3 is 19.2 Å². The lowest BCUT2D eigenvalue weighted by Crippen LogP contribution is -2.36. The molecule has 1 aliphatic rings. The van der Waals surface area contributed by atoms with E-state index in [0.717, 1.165) is 25.9 Å². The molecular weight excluding hydrogens is 302 g/mol. The van der Waals surface area contributed by atoms with Gasteiger partial charge in [-0.1, -0.05) is 6.07 Å². The maximum atomic E-state index is 11.3. The van der Waals surface area contributed by atoms with Crippen molar-refractivity contribution < 1.29 is 19.1 Å². The van der Waals surface area contributed by atoms with Crippen LogP contribution in [0.25, 0.3) is 0 Å². The number of ether oxygens (including phenoxy) is 1. The minimum absolute atomic E-state index is 0.0240. The van der Waals surface area contributed by atoms with Crippen LogP contribution in [0.3, 0.4) is 0 Å². The SMILES string of the molecule is C=O.C=O.CCOC(=O)C1CCCN(C)C1.Cc1cccs1. The van der Waals surface area contributed by atoms with Crippen molar-refractivity contribution in [3.05, 3.63) is 22.4 Å². The molecule has 22 heavy (non-hydrogen) atoms. The van der Waals surface area contributed by atoms with Crippen LogP contribution in [0.5, 0.6) is 0 Å². The van der Waals surface area contributed by atoms with Gasteiger partial charge in [0.1, 0.15) is 13.6 Å². The number of thiophene rings is 1. The van der Waals surface area contributed by atoms with Crippen molar-refractivity contribution in [2.75, 3.05) is 26.7 Å². The number of esters is 1. The molecule has 0 aromatic carbocycles. The summed E-state index contributed by atoms with van der Waals surface area (Å²) >= 11 is 1.78. The average molecular weight is 329 g/mol. The molecule has 0 aliphatic carbocycles. The quantitative estimate of drug-likeness (QED) is 0.780. The molecule has 0 N–H and O–H groups in total. The fourth-order valence-electron chi connectivity index (χ4n) is 1.98. The van der Waals surface area contributed by atoms with Gasteiger partial charge in [0.25, 0.3) is 0 Å². The van der Waals surface area contributed by atoms with Crippen LogP contribution in [0.2, 0.25) is 0 Å². The predicted octanol–water partition coefficient (Wildman–Crippen LogP) is 2.58. The summed E-state index contributed by atoms with van der Waals surface area (Å²) in [5.41, 5.74) is 0. The number of hydrogen-bond donors (Lipinski definition) is 0. The maximum absolute atomic E-state index is 11.3. The average Bonchev–Trinajstić information content (AvgIpc) is 3.03. The lowest BCUT2D eigenvalue weighted by molar-refractivity contribution is -0.149. The highest BCUT2D eigenvalue weighted by Crippen LogP contribution is 2.16. The number of likely N-dealkylation sites (tertiary alicyclic amines) is 1. The summed E-state index contributed by atoms with van der Waals surface area (Å²) in [4.78, 5) is 30.9. The molecule has 2 heterocycles. The summed E-state index contributed by atoms with van der Waals surface area (Å²) in [6.07, 6.45) is 2.10. The minimum Gasteiger partial charge on any atom is -0.466 e. The Hall–Kier alpha value is -1.53. The summed E-state index contributed by atoms with van der Waals surface area (Å²) < 4.78 is 4.96. The standard InChI is InChI=1S/C9H17NO2.C5H6S.2CH2O/c1-3-12-9(11)8-5-4-6-10(2)7-8;1-5-3-2-4-6-5;2*1-2/h8H,3-7H2,1-2H3;2-4H,1H3;2*1H2. The van der Waals surface area contributed by atoms with Gasteiger partial charge in [0, 0.05) is 11.4 Å². The van der Waals surface area contributed by atoms with Gasteiger partial charge in [-0.25, -0.2) is 0 Å². The topological polar surface area (TPSA) is 63.7 Å². The molecule has 0 amide bonds. The molecule has 1 aromatic rings. The van der Waals surface area contributed by atoms with E-state index in [2.05, 4.69) is 29.3 Å². The molecule has 6 heteroatoms. The minimum atomic E-state index is -0.0240. The fourth-order valence-corrected chi connectivity index (χ4v) is 2.51. The fraction of sp³-hybridized carbons (Fsp3) is 0.562. The summed E-state index contributed by atoms with van der Waals surface area (Å²) in [7, 11) is 2.05. The third kappa shape index (κ3) is 11.2. The van der Waals surface area contributed by atoms with Crippen molar-refractivity contribution in [1.82, 2.24) is 4.90 Å². The van der Waals surface area contributed by atoms with Gasteiger partial charge in [0.15, 0.2) is 0 Å². The van der Waals surface area contributed by atoms with E-state index in [1.54, 1.807) is 11.3 Å². The number of carbonyl (C=O) groups is 3.